The number of phenolic OH excluding ortho intramolecular Hbond substituents is 1. The van der Waals surface area contributed by atoms with Gasteiger partial charge in [-0.3, -0.25) is 4.99 Å². The van der Waals surface area contributed by atoms with Crippen LogP contribution in [-0.2, 0) is 6.42 Å². The quantitative estimate of drug-likeness (QED) is 0.302. The molecule has 8 heteroatoms. The third-order valence-electron chi connectivity index (χ3n) is 4.91. The van der Waals surface area contributed by atoms with Gasteiger partial charge in [-0.15, -0.1) is 24.0 Å². The molecule has 0 amide bonds. The maximum Gasteiger partial charge on any atom is 0.191 e. The van der Waals surface area contributed by atoms with Crippen molar-refractivity contribution < 1.29 is 9.84 Å². The summed E-state index contributed by atoms with van der Waals surface area (Å²) < 4.78 is 5.12. The van der Waals surface area contributed by atoms with E-state index in [0.717, 1.165) is 41.7 Å². The summed E-state index contributed by atoms with van der Waals surface area (Å²) in [6, 6.07) is 13.6. The van der Waals surface area contributed by atoms with Crippen LogP contribution in [0.15, 0.2) is 47.5 Å². The molecule has 0 aliphatic carbocycles. The van der Waals surface area contributed by atoms with E-state index in [1.54, 1.807) is 20.2 Å². The van der Waals surface area contributed by atoms with Crippen LogP contribution in [0.25, 0.3) is 0 Å². The van der Waals surface area contributed by atoms with Crippen molar-refractivity contribution in [2.24, 2.45) is 4.99 Å². The Morgan fingerprint density at radius 3 is 2.83 bits per heavy atom. The van der Waals surface area contributed by atoms with E-state index in [1.807, 2.05) is 30.3 Å². The lowest BCUT2D eigenvalue weighted by Gasteiger charge is -2.20. The molecule has 1 aliphatic rings. The highest BCUT2D eigenvalue weighted by atomic mass is 127. The van der Waals surface area contributed by atoms with Gasteiger partial charge in [0.1, 0.15) is 11.5 Å². The van der Waals surface area contributed by atoms with Gasteiger partial charge in [0.05, 0.1) is 7.11 Å². The summed E-state index contributed by atoms with van der Waals surface area (Å²) in [5, 5.41) is 17.6. The van der Waals surface area contributed by atoms with Gasteiger partial charge in [0.15, 0.2) is 5.96 Å². The number of ether oxygens (including phenoxy) is 1. The number of hydrogen-bond acceptors (Lipinski definition) is 4. The Balaban J connectivity index is 0.00000300. The zero-order valence-corrected chi connectivity index (χ0v) is 19.8. The SMILES string of the molecule is CN=C(NCCc1ccc(OC)cc1O)NC1CCN(c2cccc(Cl)c2)C1.I. The van der Waals surface area contributed by atoms with Crippen molar-refractivity contribution in [3.05, 3.63) is 53.1 Å². The van der Waals surface area contributed by atoms with E-state index in [9.17, 15) is 5.11 Å². The highest BCUT2D eigenvalue weighted by Crippen LogP contribution is 2.24. The largest absolute Gasteiger partial charge is 0.508 e. The van der Waals surface area contributed by atoms with Crippen molar-refractivity contribution >= 4 is 47.2 Å². The Morgan fingerprint density at radius 2 is 2.14 bits per heavy atom. The fraction of sp³-hybridized carbons (Fsp3) is 0.381. The van der Waals surface area contributed by atoms with E-state index in [2.05, 4.69) is 26.6 Å². The summed E-state index contributed by atoms with van der Waals surface area (Å²) in [5.74, 6) is 1.67. The molecule has 2 aromatic rings. The van der Waals surface area contributed by atoms with Crippen molar-refractivity contribution in [3.63, 3.8) is 0 Å². The molecule has 1 saturated heterocycles. The molecule has 1 unspecified atom stereocenters. The van der Waals surface area contributed by atoms with Crippen LogP contribution in [0, 0.1) is 0 Å². The topological polar surface area (TPSA) is 69.1 Å². The summed E-state index contributed by atoms with van der Waals surface area (Å²) in [4.78, 5) is 6.64. The van der Waals surface area contributed by atoms with Gasteiger partial charge in [0, 0.05) is 49.5 Å². The standard InChI is InChI=1S/C21H27ClN4O2.HI/c1-23-21(24-10-8-15-6-7-19(28-2)13-20(15)27)25-17-9-11-26(14-17)18-5-3-4-16(22)12-18;/h3-7,12-13,17,27H,8-11,14H2,1-2H3,(H2,23,24,25);1H. The van der Waals surface area contributed by atoms with Crippen LogP contribution in [0.2, 0.25) is 5.02 Å². The predicted octanol–water partition coefficient (Wildman–Crippen LogP) is 3.66. The van der Waals surface area contributed by atoms with E-state index in [0.29, 0.717) is 24.8 Å². The van der Waals surface area contributed by atoms with Crippen LogP contribution in [0.3, 0.4) is 0 Å². The summed E-state index contributed by atoms with van der Waals surface area (Å²) >= 11 is 6.11. The fourth-order valence-electron chi connectivity index (χ4n) is 3.37. The molecule has 0 spiro atoms. The number of rotatable bonds is 6. The lowest BCUT2D eigenvalue weighted by molar-refractivity contribution is 0.406. The van der Waals surface area contributed by atoms with Gasteiger partial charge in [0.2, 0.25) is 0 Å². The van der Waals surface area contributed by atoms with Crippen molar-refractivity contribution in [3.8, 4) is 11.5 Å². The second-order valence-electron chi connectivity index (χ2n) is 6.80. The third kappa shape index (κ3) is 6.57. The molecule has 0 aromatic heterocycles. The number of phenols is 1. The van der Waals surface area contributed by atoms with Crippen LogP contribution >= 0.6 is 35.6 Å². The molecule has 0 radical (unpaired) electrons. The lowest BCUT2D eigenvalue weighted by atomic mass is 10.1. The molecule has 3 N–H and O–H groups in total. The number of nitrogens with one attached hydrogen (secondary N) is 2. The van der Waals surface area contributed by atoms with Crippen molar-refractivity contribution in [2.75, 3.05) is 38.7 Å². The first-order valence-corrected chi connectivity index (χ1v) is 9.80. The molecule has 1 aliphatic heterocycles. The normalized spacial score (nSPS) is 16.3. The van der Waals surface area contributed by atoms with Gasteiger partial charge in [-0.05, 0) is 42.7 Å². The van der Waals surface area contributed by atoms with E-state index >= 15 is 0 Å². The minimum absolute atomic E-state index is 0. The maximum atomic E-state index is 10.1. The molecule has 2 aromatic carbocycles. The van der Waals surface area contributed by atoms with Crippen LogP contribution in [0.5, 0.6) is 11.5 Å². The van der Waals surface area contributed by atoms with Gasteiger partial charge in [-0.2, -0.15) is 0 Å². The zero-order valence-electron chi connectivity index (χ0n) is 16.7. The Labute approximate surface area is 194 Å². The van der Waals surface area contributed by atoms with E-state index < -0.39 is 0 Å². The van der Waals surface area contributed by atoms with E-state index in [1.165, 1.54) is 0 Å². The maximum absolute atomic E-state index is 10.1. The Kier molecular flexibility index (Phi) is 9.16. The summed E-state index contributed by atoms with van der Waals surface area (Å²) in [5.41, 5.74) is 2.02. The van der Waals surface area contributed by atoms with Crippen LogP contribution < -0.4 is 20.3 Å². The van der Waals surface area contributed by atoms with Crippen LogP contribution in [0.4, 0.5) is 5.69 Å². The lowest BCUT2D eigenvalue weighted by Crippen LogP contribution is -2.45. The Morgan fingerprint density at radius 1 is 1.31 bits per heavy atom. The second-order valence-corrected chi connectivity index (χ2v) is 7.24. The number of aromatic hydroxyl groups is 1. The number of anilines is 1. The van der Waals surface area contributed by atoms with Gasteiger partial charge in [0.25, 0.3) is 0 Å². The highest BCUT2D eigenvalue weighted by molar-refractivity contribution is 14.0. The average Bonchev–Trinajstić information content (AvgIpc) is 3.17. The number of hydrogen-bond donors (Lipinski definition) is 3. The summed E-state index contributed by atoms with van der Waals surface area (Å²) in [6.45, 7) is 2.55. The first kappa shape index (κ1) is 23.4. The summed E-state index contributed by atoms with van der Waals surface area (Å²) in [6.07, 6.45) is 1.72. The minimum atomic E-state index is 0. The Hall–Kier alpha value is -1.87. The van der Waals surface area contributed by atoms with Gasteiger partial charge >= 0.3 is 0 Å². The average molecular weight is 531 g/mol. The minimum Gasteiger partial charge on any atom is -0.508 e. The molecule has 29 heavy (non-hydrogen) atoms. The molecular weight excluding hydrogens is 503 g/mol. The molecule has 0 saturated carbocycles. The van der Waals surface area contributed by atoms with E-state index in [4.69, 9.17) is 16.3 Å². The first-order valence-electron chi connectivity index (χ1n) is 9.42. The summed E-state index contributed by atoms with van der Waals surface area (Å²) in [7, 11) is 3.35. The van der Waals surface area contributed by atoms with Crippen LogP contribution in [0.1, 0.15) is 12.0 Å². The second kappa shape index (κ2) is 11.3. The molecule has 158 valence electrons. The van der Waals surface area contributed by atoms with Gasteiger partial charge < -0.3 is 25.4 Å². The first-order chi connectivity index (χ1) is 13.6. The van der Waals surface area contributed by atoms with Crippen molar-refractivity contribution in [2.45, 2.75) is 18.9 Å². The molecule has 1 heterocycles. The van der Waals surface area contributed by atoms with E-state index in [-0.39, 0.29) is 29.7 Å². The predicted molar refractivity (Wildman–Crippen MR) is 130 cm³/mol. The number of methoxy groups -OCH3 is 1. The van der Waals surface area contributed by atoms with Crippen LogP contribution in [-0.4, -0.2) is 50.9 Å². The third-order valence-corrected chi connectivity index (χ3v) is 5.14. The van der Waals surface area contributed by atoms with Gasteiger partial charge in [-0.25, -0.2) is 0 Å². The zero-order chi connectivity index (χ0) is 19.9. The monoisotopic (exact) mass is 530 g/mol. The number of halogens is 2. The molecule has 3 rings (SSSR count). The molecule has 6 nitrogen and oxygen atoms in total. The number of aliphatic imine (C=N–C) groups is 1. The fourth-order valence-corrected chi connectivity index (χ4v) is 3.56. The number of guanidine groups is 1. The smallest absolute Gasteiger partial charge is 0.191 e. The molecule has 0 bridgehead atoms. The highest BCUT2D eigenvalue weighted by Gasteiger charge is 2.23. The number of benzene rings is 2. The Bertz CT molecular complexity index is 834. The van der Waals surface area contributed by atoms with Gasteiger partial charge in [-0.1, -0.05) is 23.7 Å². The van der Waals surface area contributed by atoms with Crippen molar-refractivity contribution in [1.29, 1.82) is 0 Å². The van der Waals surface area contributed by atoms with Crippen molar-refractivity contribution in [1.82, 2.24) is 10.6 Å². The molecular formula is C21H28ClIN4O2. The molecule has 1 fully saturated rings. The number of nitrogens with zero attached hydrogens (tertiary/aromatic N) is 2. The molecule has 1 atom stereocenters.